The lowest BCUT2D eigenvalue weighted by molar-refractivity contribution is 0.0888. The highest BCUT2D eigenvalue weighted by molar-refractivity contribution is 7.93. The molecule has 0 aromatic carbocycles. The fourth-order valence-electron chi connectivity index (χ4n) is 4.87. The monoisotopic (exact) mass is 527 g/mol. The van der Waals surface area contributed by atoms with Gasteiger partial charge in [0.1, 0.15) is 5.69 Å². The number of carbonyl (C=O) groups excluding carboxylic acids is 1. The third-order valence-electron chi connectivity index (χ3n) is 6.84. The fourth-order valence-corrected chi connectivity index (χ4v) is 6.95. The van der Waals surface area contributed by atoms with Crippen molar-refractivity contribution in [3.63, 3.8) is 0 Å². The number of amides is 1. The molecular formula is C23H25N7O4S2. The summed E-state index contributed by atoms with van der Waals surface area (Å²) in [4.78, 5) is 35.8. The summed E-state index contributed by atoms with van der Waals surface area (Å²) in [5.41, 5.74) is 0.418. The van der Waals surface area contributed by atoms with Gasteiger partial charge in [-0.15, -0.1) is 11.3 Å². The summed E-state index contributed by atoms with van der Waals surface area (Å²) in [5, 5.41) is 3.11. The zero-order chi connectivity index (χ0) is 24.9. The van der Waals surface area contributed by atoms with E-state index >= 15 is 0 Å². The van der Waals surface area contributed by atoms with E-state index in [1.165, 1.54) is 23.7 Å². The van der Waals surface area contributed by atoms with Crippen molar-refractivity contribution < 1.29 is 17.9 Å². The molecule has 0 saturated heterocycles. The van der Waals surface area contributed by atoms with Crippen molar-refractivity contribution in [1.82, 2.24) is 30.2 Å². The molecule has 3 aromatic heterocycles. The highest BCUT2D eigenvalue weighted by atomic mass is 32.2. The summed E-state index contributed by atoms with van der Waals surface area (Å²) in [5.74, 6) is 1.31. The van der Waals surface area contributed by atoms with Crippen LogP contribution in [0.1, 0.15) is 54.5 Å². The molecule has 11 nitrogen and oxygen atoms in total. The molecule has 188 valence electrons. The summed E-state index contributed by atoms with van der Waals surface area (Å²) >= 11 is 1.22. The number of anilines is 1. The summed E-state index contributed by atoms with van der Waals surface area (Å²) in [7, 11) is -3.47. The second kappa shape index (κ2) is 8.73. The average molecular weight is 528 g/mol. The molecule has 0 bridgehead atoms. The van der Waals surface area contributed by atoms with Gasteiger partial charge in [-0.05, 0) is 50.9 Å². The molecule has 6 rings (SSSR count). The minimum Gasteiger partial charge on any atom is -0.477 e. The normalized spacial score (nSPS) is 24.7. The molecule has 3 aromatic rings. The minimum absolute atomic E-state index is 0.179. The molecule has 0 aliphatic heterocycles. The van der Waals surface area contributed by atoms with Crippen molar-refractivity contribution >= 4 is 33.1 Å². The van der Waals surface area contributed by atoms with Crippen LogP contribution < -0.4 is 14.8 Å². The number of nitrogens with zero attached hydrogens (tertiary/aromatic N) is 5. The van der Waals surface area contributed by atoms with Gasteiger partial charge >= 0.3 is 0 Å². The maximum Gasteiger partial charge on any atom is 0.281 e. The lowest BCUT2D eigenvalue weighted by Gasteiger charge is -2.31. The van der Waals surface area contributed by atoms with E-state index in [0.29, 0.717) is 58.4 Å². The maximum absolute atomic E-state index is 13.3. The third kappa shape index (κ3) is 4.52. The van der Waals surface area contributed by atoms with Crippen LogP contribution in [-0.4, -0.2) is 51.1 Å². The SMILES string of the molecule is CCOc1cncc(-c2cnc(C(=O)NC3(c4cncc(NS(=O)(=O)C5CC5)n4)CC4CC4C3)s2)n1. The molecule has 2 atom stereocenters. The van der Waals surface area contributed by atoms with Crippen molar-refractivity contribution in [2.75, 3.05) is 11.3 Å². The van der Waals surface area contributed by atoms with E-state index in [-0.39, 0.29) is 17.0 Å². The Morgan fingerprint density at radius 2 is 1.89 bits per heavy atom. The predicted molar refractivity (Wildman–Crippen MR) is 132 cm³/mol. The first-order valence-corrected chi connectivity index (χ1v) is 14.3. The number of aromatic nitrogens is 5. The Balaban J connectivity index is 1.24. The first-order chi connectivity index (χ1) is 17.3. The Kier molecular flexibility index (Phi) is 5.63. The Morgan fingerprint density at radius 1 is 1.11 bits per heavy atom. The molecule has 3 saturated carbocycles. The highest BCUT2D eigenvalue weighted by Gasteiger charge is 2.56. The van der Waals surface area contributed by atoms with E-state index in [4.69, 9.17) is 4.74 Å². The number of ether oxygens (including phenoxy) is 1. The molecule has 3 aliphatic rings. The van der Waals surface area contributed by atoms with Crippen molar-refractivity contribution in [2.45, 2.75) is 49.8 Å². The molecule has 2 N–H and O–H groups in total. The van der Waals surface area contributed by atoms with Crippen molar-refractivity contribution in [2.24, 2.45) is 11.8 Å². The zero-order valence-electron chi connectivity index (χ0n) is 19.5. The number of thiazole rings is 1. The number of hydrogen-bond donors (Lipinski definition) is 2. The number of hydrogen-bond acceptors (Lipinski definition) is 10. The van der Waals surface area contributed by atoms with Gasteiger partial charge < -0.3 is 10.1 Å². The Bertz CT molecular complexity index is 1410. The van der Waals surface area contributed by atoms with Crippen LogP contribution in [0.25, 0.3) is 10.6 Å². The van der Waals surface area contributed by atoms with Gasteiger partial charge in [0.2, 0.25) is 15.9 Å². The lowest BCUT2D eigenvalue weighted by Crippen LogP contribution is -2.45. The van der Waals surface area contributed by atoms with Gasteiger partial charge in [-0.3, -0.25) is 19.5 Å². The van der Waals surface area contributed by atoms with Crippen LogP contribution in [0.5, 0.6) is 5.88 Å². The summed E-state index contributed by atoms with van der Waals surface area (Å²) in [6.45, 7) is 2.35. The van der Waals surface area contributed by atoms with E-state index in [1.54, 1.807) is 18.6 Å². The Morgan fingerprint density at radius 3 is 2.64 bits per heavy atom. The van der Waals surface area contributed by atoms with E-state index in [0.717, 1.165) is 19.3 Å². The van der Waals surface area contributed by atoms with Crippen LogP contribution in [0, 0.1) is 11.8 Å². The Hall–Kier alpha value is -3.19. The molecule has 13 heteroatoms. The van der Waals surface area contributed by atoms with Crippen LogP contribution in [0.4, 0.5) is 5.82 Å². The van der Waals surface area contributed by atoms with Crippen LogP contribution in [-0.2, 0) is 15.6 Å². The van der Waals surface area contributed by atoms with Crippen molar-refractivity contribution in [3.05, 3.63) is 41.7 Å². The molecule has 1 amide bonds. The molecule has 36 heavy (non-hydrogen) atoms. The minimum atomic E-state index is -3.47. The molecule has 2 unspecified atom stereocenters. The first kappa shape index (κ1) is 23.2. The molecule has 3 heterocycles. The second-order valence-electron chi connectivity index (χ2n) is 9.54. The first-order valence-electron chi connectivity index (χ1n) is 11.9. The summed E-state index contributed by atoms with van der Waals surface area (Å²) < 4.78 is 32.8. The average Bonchev–Trinajstić information content (AvgIpc) is 3.76. The summed E-state index contributed by atoms with van der Waals surface area (Å²) in [6, 6.07) is 0. The molecule has 0 spiro atoms. The van der Waals surface area contributed by atoms with Gasteiger partial charge in [-0.1, -0.05) is 0 Å². The van der Waals surface area contributed by atoms with E-state index < -0.39 is 15.6 Å². The van der Waals surface area contributed by atoms with E-state index in [2.05, 4.69) is 35.0 Å². The van der Waals surface area contributed by atoms with Gasteiger partial charge in [-0.25, -0.2) is 23.4 Å². The largest absolute Gasteiger partial charge is 0.477 e. The zero-order valence-corrected chi connectivity index (χ0v) is 21.2. The number of nitrogens with one attached hydrogen (secondary N) is 2. The number of sulfonamides is 1. The number of carbonyl (C=O) groups is 1. The lowest BCUT2D eigenvalue weighted by atomic mass is 9.89. The third-order valence-corrected chi connectivity index (χ3v) is 9.70. The van der Waals surface area contributed by atoms with Crippen LogP contribution >= 0.6 is 11.3 Å². The molecule has 3 fully saturated rings. The van der Waals surface area contributed by atoms with Gasteiger partial charge in [-0.2, -0.15) is 0 Å². The highest BCUT2D eigenvalue weighted by Crippen LogP contribution is 2.59. The van der Waals surface area contributed by atoms with Gasteiger partial charge in [0.25, 0.3) is 5.91 Å². The van der Waals surface area contributed by atoms with Crippen molar-refractivity contribution in [3.8, 4) is 16.5 Å². The number of fused-ring (bicyclic) bond motifs is 1. The molecular weight excluding hydrogens is 502 g/mol. The molecule has 0 radical (unpaired) electrons. The smallest absolute Gasteiger partial charge is 0.281 e. The maximum atomic E-state index is 13.3. The quantitative estimate of drug-likeness (QED) is 0.428. The Labute approximate surface area is 212 Å². The van der Waals surface area contributed by atoms with Crippen LogP contribution in [0.3, 0.4) is 0 Å². The van der Waals surface area contributed by atoms with Crippen LogP contribution in [0.2, 0.25) is 0 Å². The van der Waals surface area contributed by atoms with E-state index in [1.807, 2.05) is 6.92 Å². The van der Waals surface area contributed by atoms with Gasteiger partial charge in [0.15, 0.2) is 10.8 Å². The molecule has 3 aliphatic carbocycles. The van der Waals surface area contributed by atoms with Crippen LogP contribution in [0.15, 0.2) is 31.0 Å². The topological polar surface area (TPSA) is 149 Å². The van der Waals surface area contributed by atoms with Gasteiger partial charge in [0.05, 0.1) is 52.8 Å². The fraction of sp³-hybridized carbons (Fsp3) is 0.478. The van der Waals surface area contributed by atoms with Crippen molar-refractivity contribution in [1.29, 1.82) is 0 Å². The predicted octanol–water partition coefficient (Wildman–Crippen LogP) is 2.75. The second-order valence-corrected chi connectivity index (χ2v) is 12.5. The van der Waals surface area contributed by atoms with Gasteiger partial charge in [0, 0.05) is 6.20 Å². The standard InChI is InChI=1S/C23H25N7O4S2/c1-2-34-20-12-24-8-16(27-20)17-9-26-22(35-17)21(31)29-23(6-13-5-14(13)7-23)18-10-25-11-19(28-18)30-36(32,33)15-3-4-15/h8-15H,2-7H2,1H3,(H,28,30)(H,29,31). The van der Waals surface area contributed by atoms with E-state index in [9.17, 15) is 13.2 Å². The number of rotatable bonds is 9. The summed E-state index contributed by atoms with van der Waals surface area (Å²) in [6.07, 6.45) is 11.7.